The van der Waals surface area contributed by atoms with E-state index in [1.807, 2.05) is 6.92 Å². The lowest BCUT2D eigenvalue weighted by Crippen LogP contribution is -2.11. The van der Waals surface area contributed by atoms with Gasteiger partial charge in [0.2, 0.25) is 5.88 Å². The molecule has 0 bridgehead atoms. The van der Waals surface area contributed by atoms with E-state index in [-0.39, 0.29) is 5.69 Å². The molecule has 0 aliphatic heterocycles. The van der Waals surface area contributed by atoms with E-state index in [2.05, 4.69) is 4.98 Å². The molecule has 1 rings (SSSR count). The highest BCUT2D eigenvalue weighted by Crippen LogP contribution is 2.13. The van der Waals surface area contributed by atoms with Gasteiger partial charge in [-0.05, 0) is 6.92 Å². The summed E-state index contributed by atoms with van der Waals surface area (Å²) >= 11 is 0. The van der Waals surface area contributed by atoms with Crippen LogP contribution in [0, 0.1) is 10.1 Å². The van der Waals surface area contributed by atoms with Crippen LogP contribution in [0.15, 0.2) is 18.3 Å². The van der Waals surface area contributed by atoms with Crippen LogP contribution < -0.4 is 4.74 Å². The number of hydrogen-bond acceptors (Lipinski definition) is 6. The van der Waals surface area contributed by atoms with Gasteiger partial charge in [-0.15, -0.1) is 0 Å². The SMILES string of the molecule is CCOCCOCCOc1ccc([N+](=O)[O-])cn1. The minimum absolute atomic E-state index is 0.0599. The maximum absolute atomic E-state index is 10.4. The standard InChI is InChI=1S/C11H16N2O5/c1-2-16-5-6-17-7-8-18-11-4-3-10(9-12-11)13(14)15/h3-4,9H,2,5-8H2,1H3. The Morgan fingerprint density at radius 2 is 1.94 bits per heavy atom. The van der Waals surface area contributed by atoms with Gasteiger partial charge in [0.1, 0.15) is 12.8 Å². The molecule has 0 unspecified atom stereocenters. The fraction of sp³-hybridized carbons (Fsp3) is 0.545. The van der Waals surface area contributed by atoms with Crippen LogP contribution >= 0.6 is 0 Å². The number of nitro groups is 1. The molecular weight excluding hydrogens is 240 g/mol. The third-order valence-electron chi connectivity index (χ3n) is 1.99. The fourth-order valence-electron chi connectivity index (χ4n) is 1.14. The van der Waals surface area contributed by atoms with Crippen molar-refractivity contribution in [2.45, 2.75) is 6.92 Å². The third-order valence-corrected chi connectivity index (χ3v) is 1.99. The number of nitrogens with zero attached hydrogens (tertiary/aromatic N) is 2. The molecule has 0 aliphatic carbocycles. The molecule has 18 heavy (non-hydrogen) atoms. The van der Waals surface area contributed by atoms with Crippen molar-refractivity contribution in [1.82, 2.24) is 4.98 Å². The van der Waals surface area contributed by atoms with Crippen molar-refractivity contribution in [2.24, 2.45) is 0 Å². The van der Waals surface area contributed by atoms with Crippen molar-refractivity contribution in [3.63, 3.8) is 0 Å². The molecule has 0 radical (unpaired) electrons. The summed E-state index contributed by atoms with van der Waals surface area (Å²) in [5, 5.41) is 10.4. The Bertz CT molecular complexity index is 355. The van der Waals surface area contributed by atoms with Crippen LogP contribution in [0.25, 0.3) is 0 Å². The normalized spacial score (nSPS) is 10.3. The molecule has 0 amide bonds. The average Bonchev–Trinajstić information content (AvgIpc) is 2.38. The molecule has 0 saturated heterocycles. The van der Waals surface area contributed by atoms with Gasteiger partial charge in [-0.1, -0.05) is 0 Å². The summed E-state index contributed by atoms with van der Waals surface area (Å²) in [6.45, 7) is 4.44. The first-order valence-corrected chi connectivity index (χ1v) is 5.62. The first kappa shape index (κ1) is 14.3. The van der Waals surface area contributed by atoms with E-state index >= 15 is 0 Å². The molecule has 7 heteroatoms. The molecule has 100 valence electrons. The van der Waals surface area contributed by atoms with Crippen molar-refractivity contribution in [3.05, 3.63) is 28.4 Å². The van der Waals surface area contributed by atoms with Crippen molar-refractivity contribution >= 4 is 5.69 Å². The second kappa shape index (κ2) is 8.37. The molecule has 0 fully saturated rings. The van der Waals surface area contributed by atoms with Gasteiger partial charge in [-0.25, -0.2) is 4.98 Å². The summed E-state index contributed by atoms with van der Waals surface area (Å²) in [7, 11) is 0. The van der Waals surface area contributed by atoms with Crippen LogP contribution in [-0.4, -0.2) is 42.9 Å². The molecular formula is C11H16N2O5. The number of aromatic nitrogens is 1. The second-order valence-corrected chi connectivity index (χ2v) is 3.27. The van der Waals surface area contributed by atoms with Gasteiger partial charge in [-0.2, -0.15) is 0 Å². The number of pyridine rings is 1. The zero-order valence-corrected chi connectivity index (χ0v) is 10.2. The molecule has 1 aromatic heterocycles. The zero-order valence-electron chi connectivity index (χ0n) is 10.2. The second-order valence-electron chi connectivity index (χ2n) is 3.27. The highest BCUT2D eigenvalue weighted by molar-refractivity contribution is 5.28. The van der Waals surface area contributed by atoms with Gasteiger partial charge >= 0.3 is 0 Å². The molecule has 0 saturated carbocycles. The van der Waals surface area contributed by atoms with Gasteiger partial charge in [0.15, 0.2) is 0 Å². The van der Waals surface area contributed by atoms with Crippen LogP contribution in [-0.2, 0) is 9.47 Å². The van der Waals surface area contributed by atoms with Gasteiger partial charge < -0.3 is 14.2 Å². The van der Waals surface area contributed by atoms with Crippen LogP contribution in [0.2, 0.25) is 0 Å². The Balaban J connectivity index is 2.14. The van der Waals surface area contributed by atoms with Gasteiger partial charge in [0, 0.05) is 18.7 Å². The third kappa shape index (κ3) is 5.55. The molecule has 7 nitrogen and oxygen atoms in total. The van der Waals surface area contributed by atoms with E-state index in [9.17, 15) is 10.1 Å². The Hall–Kier alpha value is -1.73. The highest BCUT2D eigenvalue weighted by atomic mass is 16.6. The van der Waals surface area contributed by atoms with Gasteiger partial charge in [0.25, 0.3) is 5.69 Å². The highest BCUT2D eigenvalue weighted by Gasteiger charge is 2.05. The maximum atomic E-state index is 10.4. The van der Waals surface area contributed by atoms with Crippen molar-refractivity contribution in [1.29, 1.82) is 0 Å². The summed E-state index contributed by atoms with van der Waals surface area (Å²) in [4.78, 5) is 13.7. The maximum Gasteiger partial charge on any atom is 0.287 e. The van der Waals surface area contributed by atoms with Gasteiger partial charge in [0.05, 0.1) is 24.7 Å². The minimum atomic E-state index is -0.506. The lowest BCUT2D eigenvalue weighted by Gasteiger charge is -2.06. The van der Waals surface area contributed by atoms with E-state index in [0.29, 0.717) is 38.9 Å². The summed E-state index contributed by atoms with van der Waals surface area (Å²) in [5.74, 6) is 0.342. The van der Waals surface area contributed by atoms with Crippen LogP contribution in [0.1, 0.15) is 6.92 Å². The molecule has 0 aromatic carbocycles. The average molecular weight is 256 g/mol. The van der Waals surface area contributed by atoms with Crippen molar-refractivity contribution in [3.8, 4) is 5.88 Å². The number of hydrogen-bond donors (Lipinski definition) is 0. The van der Waals surface area contributed by atoms with E-state index in [1.165, 1.54) is 12.1 Å². The number of rotatable bonds is 9. The first-order valence-electron chi connectivity index (χ1n) is 5.62. The fourth-order valence-corrected chi connectivity index (χ4v) is 1.14. The molecule has 0 atom stereocenters. The first-order chi connectivity index (χ1) is 8.74. The summed E-state index contributed by atoms with van der Waals surface area (Å²) < 4.78 is 15.6. The smallest absolute Gasteiger partial charge is 0.287 e. The minimum Gasteiger partial charge on any atom is -0.475 e. The lowest BCUT2D eigenvalue weighted by molar-refractivity contribution is -0.385. The Labute approximate surface area is 105 Å². The summed E-state index contributed by atoms with van der Waals surface area (Å²) in [5.41, 5.74) is -0.0599. The topological polar surface area (TPSA) is 83.7 Å². The van der Waals surface area contributed by atoms with E-state index < -0.39 is 4.92 Å². The van der Waals surface area contributed by atoms with Crippen LogP contribution in [0.5, 0.6) is 5.88 Å². The quantitative estimate of drug-likeness (QED) is 0.377. The van der Waals surface area contributed by atoms with E-state index in [0.717, 1.165) is 6.20 Å². The predicted octanol–water partition coefficient (Wildman–Crippen LogP) is 1.42. The lowest BCUT2D eigenvalue weighted by atomic mass is 10.4. The Morgan fingerprint density at radius 1 is 1.22 bits per heavy atom. The monoisotopic (exact) mass is 256 g/mol. The molecule has 0 N–H and O–H groups in total. The number of ether oxygens (including phenoxy) is 3. The van der Waals surface area contributed by atoms with Crippen LogP contribution in [0.3, 0.4) is 0 Å². The van der Waals surface area contributed by atoms with Crippen molar-refractivity contribution in [2.75, 3.05) is 33.0 Å². The molecule has 1 heterocycles. The Kier molecular flexibility index (Phi) is 6.67. The van der Waals surface area contributed by atoms with Crippen LogP contribution in [0.4, 0.5) is 5.69 Å². The molecule has 0 aliphatic rings. The van der Waals surface area contributed by atoms with E-state index in [4.69, 9.17) is 14.2 Å². The zero-order chi connectivity index (χ0) is 13.2. The Morgan fingerprint density at radius 3 is 2.56 bits per heavy atom. The summed E-state index contributed by atoms with van der Waals surface area (Å²) in [6, 6.07) is 2.80. The van der Waals surface area contributed by atoms with Gasteiger partial charge in [-0.3, -0.25) is 10.1 Å². The molecule has 0 spiro atoms. The largest absolute Gasteiger partial charge is 0.475 e. The van der Waals surface area contributed by atoms with E-state index in [1.54, 1.807) is 0 Å². The summed E-state index contributed by atoms with van der Waals surface area (Å²) in [6.07, 6.45) is 1.16. The van der Waals surface area contributed by atoms with Crippen molar-refractivity contribution < 1.29 is 19.1 Å². The molecule has 1 aromatic rings. The predicted molar refractivity (Wildman–Crippen MR) is 63.7 cm³/mol.